The number of aliphatic hydroxyl groups is 1. The van der Waals surface area contributed by atoms with Gasteiger partial charge in [0.15, 0.2) is 0 Å². The van der Waals surface area contributed by atoms with Gasteiger partial charge < -0.3 is 10.4 Å². The van der Waals surface area contributed by atoms with Gasteiger partial charge in [0.2, 0.25) is 0 Å². The second-order valence-corrected chi connectivity index (χ2v) is 8.07. The van der Waals surface area contributed by atoms with E-state index in [1.165, 1.54) is 25.3 Å². The van der Waals surface area contributed by atoms with Crippen molar-refractivity contribution >= 4 is 22.6 Å². The first-order valence-electron chi connectivity index (χ1n) is 10.8. The van der Waals surface area contributed by atoms with Crippen LogP contribution in [-0.2, 0) is 6.42 Å². The topological polar surface area (TPSA) is 105 Å². The standard InChI is InChI=1S/C25H21FN6O2/c1-15(33)12-28-24(34)20-6-5-18(11-21(20)26)23-14-30-25-29-13-19(32(25)31-23)10-16-4-7-22-17(9-16)3-2-8-27-22/h2-9,11,13-15,33H,10,12H2,1H3,(H,28,34). The summed E-state index contributed by atoms with van der Waals surface area (Å²) < 4.78 is 16.3. The van der Waals surface area contributed by atoms with Crippen LogP contribution in [0.3, 0.4) is 0 Å². The molecule has 3 aromatic heterocycles. The van der Waals surface area contributed by atoms with Crippen LogP contribution in [0.15, 0.2) is 67.1 Å². The number of nitrogens with zero attached hydrogens (tertiary/aromatic N) is 5. The van der Waals surface area contributed by atoms with Crippen molar-refractivity contribution in [1.29, 1.82) is 0 Å². The summed E-state index contributed by atoms with van der Waals surface area (Å²) in [5.41, 5.74) is 3.67. The van der Waals surface area contributed by atoms with Gasteiger partial charge in [-0.3, -0.25) is 9.78 Å². The molecule has 2 aromatic carbocycles. The van der Waals surface area contributed by atoms with Crippen LogP contribution in [0.1, 0.15) is 28.5 Å². The minimum Gasteiger partial charge on any atom is -0.392 e. The molecule has 5 aromatic rings. The van der Waals surface area contributed by atoms with Crippen molar-refractivity contribution in [3.05, 3.63) is 89.8 Å². The molecule has 3 heterocycles. The Balaban J connectivity index is 1.43. The van der Waals surface area contributed by atoms with E-state index in [0.717, 1.165) is 22.2 Å². The number of pyridine rings is 1. The number of nitrogens with one attached hydrogen (secondary N) is 1. The SMILES string of the molecule is CC(O)CNC(=O)c1ccc(-c2cnc3ncc(Cc4ccc5ncccc5c4)n3n2)cc1F. The van der Waals surface area contributed by atoms with Gasteiger partial charge in [-0.15, -0.1) is 0 Å². The first kappa shape index (κ1) is 21.6. The first-order valence-corrected chi connectivity index (χ1v) is 10.8. The largest absolute Gasteiger partial charge is 0.392 e. The Morgan fingerprint density at radius 3 is 2.79 bits per heavy atom. The number of hydrogen-bond donors (Lipinski definition) is 2. The molecule has 9 heteroatoms. The lowest BCUT2D eigenvalue weighted by Crippen LogP contribution is -2.31. The van der Waals surface area contributed by atoms with E-state index in [2.05, 4.69) is 31.4 Å². The van der Waals surface area contributed by atoms with E-state index in [1.54, 1.807) is 23.0 Å². The number of imidazole rings is 1. The highest BCUT2D eigenvalue weighted by atomic mass is 19.1. The van der Waals surface area contributed by atoms with E-state index in [9.17, 15) is 14.3 Å². The Morgan fingerprint density at radius 2 is 1.97 bits per heavy atom. The van der Waals surface area contributed by atoms with Gasteiger partial charge in [0.05, 0.1) is 35.3 Å². The van der Waals surface area contributed by atoms with E-state index in [1.807, 2.05) is 24.3 Å². The first-order chi connectivity index (χ1) is 16.5. The van der Waals surface area contributed by atoms with E-state index >= 15 is 0 Å². The van der Waals surface area contributed by atoms with Gasteiger partial charge in [0, 0.05) is 30.1 Å². The maximum absolute atomic E-state index is 14.7. The second-order valence-electron chi connectivity index (χ2n) is 8.07. The van der Waals surface area contributed by atoms with Gasteiger partial charge >= 0.3 is 0 Å². The van der Waals surface area contributed by atoms with Crippen LogP contribution in [0, 0.1) is 5.82 Å². The number of carbonyl (C=O) groups excluding carboxylic acids is 1. The highest BCUT2D eigenvalue weighted by Gasteiger charge is 2.15. The third-order valence-electron chi connectivity index (χ3n) is 5.42. The molecule has 0 spiro atoms. The Morgan fingerprint density at radius 1 is 1.12 bits per heavy atom. The van der Waals surface area contributed by atoms with Gasteiger partial charge in [-0.1, -0.05) is 18.2 Å². The molecule has 0 aliphatic carbocycles. The zero-order chi connectivity index (χ0) is 23.7. The third kappa shape index (κ3) is 4.33. The van der Waals surface area contributed by atoms with Crippen molar-refractivity contribution in [3.63, 3.8) is 0 Å². The fraction of sp³-hybridized carbons (Fsp3) is 0.160. The lowest BCUT2D eigenvalue weighted by molar-refractivity contribution is 0.0920. The molecule has 5 rings (SSSR count). The van der Waals surface area contributed by atoms with Crippen LogP contribution >= 0.6 is 0 Å². The molecule has 34 heavy (non-hydrogen) atoms. The molecule has 0 saturated carbocycles. The highest BCUT2D eigenvalue weighted by Crippen LogP contribution is 2.21. The van der Waals surface area contributed by atoms with Crippen LogP contribution in [0.2, 0.25) is 0 Å². The molecular formula is C25H21FN6O2. The van der Waals surface area contributed by atoms with E-state index in [-0.39, 0.29) is 12.1 Å². The molecule has 0 bridgehead atoms. The van der Waals surface area contributed by atoms with E-state index < -0.39 is 17.8 Å². The monoisotopic (exact) mass is 456 g/mol. The van der Waals surface area contributed by atoms with Crippen molar-refractivity contribution in [2.75, 3.05) is 6.54 Å². The van der Waals surface area contributed by atoms with Crippen LogP contribution in [0.5, 0.6) is 0 Å². The molecule has 0 aliphatic heterocycles. The number of benzene rings is 2. The van der Waals surface area contributed by atoms with Crippen LogP contribution < -0.4 is 5.32 Å². The van der Waals surface area contributed by atoms with Crippen molar-refractivity contribution in [2.45, 2.75) is 19.4 Å². The van der Waals surface area contributed by atoms with Crippen molar-refractivity contribution in [3.8, 4) is 11.3 Å². The Kier molecular flexibility index (Phi) is 5.69. The minimum absolute atomic E-state index is 0.0410. The number of amides is 1. The summed E-state index contributed by atoms with van der Waals surface area (Å²) in [5.74, 6) is -0.831. The summed E-state index contributed by atoms with van der Waals surface area (Å²) in [5, 5.41) is 17.5. The maximum Gasteiger partial charge on any atom is 0.254 e. The molecule has 2 N–H and O–H groups in total. The summed E-state index contributed by atoms with van der Waals surface area (Å²) >= 11 is 0. The molecular weight excluding hydrogens is 435 g/mol. The van der Waals surface area contributed by atoms with Gasteiger partial charge in [0.25, 0.3) is 11.7 Å². The lowest BCUT2D eigenvalue weighted by atomic mass is 10.1. The number of fused-ring (bicyclic) bond motifs is 2. The Labute approximate surface area is 194 Å². The molecule has 1 atom stereocenters. The van der Waals surface area contributed by atoms with Crippen LogP contribution in [-0.4, -0.2) is 48.2 Å². The summed E-state index contributed by atoms with van der Waals surface area (Å²) in [6.07, 6.45) is 4.88. The summed E-state index contributed by atoms with van der Waals surface area (Å²) in [6.45, 7) is 1.58. The lowest BCUT2D eigenvalue weighted by Gasteiger charge is -2.09. The average molecular weight is 456 g/mol. The zero-order valence-corrected chi connectivity index (χ0v) is 18.3. The van der Waals surface area contributed by atoms with Crippen molar-refractivity contribution < 1.29 is 14.3 Å². The Hall–Kier alpha value is -4.24. The predicted molar refractivity (Wildman–Crippen MR) is 125 cm³/mol. The number of hydrogen-bond acceptors (Lipinski definition) is 6. The van der Waals surface area contributed by atoms with Gasteiger partial charge in [-0.2, -0.15) is 5.10 Å². The average Bonchev–Trinajstić information content (AvgIpc) is 3.24. The second kappa shape index (κ2) is 8.95. The van der Waals surface area contributed by atoms with E-state index in [0.29, 0.717) is 23.5 Å². The molecule has 1 amide bonds. The van der Waals surface area contributed by atoms with Gasteiger partial charge in [-0.05, 0) is 42.8 Å². The van der Waals surface area contributed by atoms with Crippen LogP contribution in [0.4, 0.5) is 4.39 Å². The fourth-order valence-electron chi connectivity index (χ4n) is 3.71. The van der Waals surface area contributed by atoms with Gasteiger partial charge in [0.1, 0.15) is 11.5 Å². The zero-order valence-electron chi connectivity index (χ0n) is 18.3. The molecule has 1 unspecified atom stereocenters. The Bertz CT molecular complexity index is 1510. The number of halogens is 1. The van der Waals surface area contributed by atoms with Crippen molar-refractivity contribution in [2.24, 2.45) is 0 Å². The van der Waals surface area contributed by atoms with Crippen LogP contribution in [0.25, 0.3) is 27.9 Å². The molecule has 0 saturated heterocycles. The number of carbonyl (C=O) groups is 1. The quantitative estimate of drug-likeness (QED) is 0.407. The number of aromatic nitrogens is 5. The van der Waals surface area contributed by atoms with Gasteiger partial charge in [-0.25, -0.2) is 18.9 Å². The molecule has 0 radical (unpaired) electrons. The van der Waals surface area contributed by atoms with Crippen molar-refractivity contribution in [1.82, 2.24) is 29.9 Å². The smallest absolute Gasteiger partial charge is 0.254 e. The highest BCUT2D eigenvalue weighted by molar-refractivity contribution is 5.95. The number of rotatable bonds is 6. The predicted octanol–water partition coefficient (Wildman–Crippen LogP) is 3.18. The molecule has 0 aliphatic rings. The number of aliphatic hydroxyl groups excluding tert-OH is 1. The molecule has 8 nitrogen and oxygen atoms in total. The maximum atomic E-state index is 14.7. The normalized spacial score (nSPS) is 12.2. The summed E-state index contributed by atoms with van der Waals surface area (Å²) in [7, 11) is 0. The minimum atomic E-state index is -0.719. The summed E-state index contributed by atoms with van der Waals surface area (Å²) in [6, 6.07) is 14.3. The van der Waals surface area contributed by atoms with E-state index in [4.69, 9.17) is 0 Å². The molecule has 170 valence electrons. The summed E-state index contributed by atoms with van der Waals surface area (Å²) in [4.78, 5) is 25.2. The third-order valence-corrected chi connectivity index (χ3v) is 5.42. The molecule has 0 fully saturated rings. The fourth-order valence-corrected chi connectivity index (χ4v) is 3.71.